The highest BCUT2D eigenvalue weighted by Crippen LogP contribution is 2.32. The standard InChI is InChI=1S/C22H15BrF2N4O/c1-28-9-16-14(3-2-4-20(16)27-28)12-5-18(24)17(19(25)6-12)10-29-11-21-15(22(29)30)7-13(23)8-26-21/h2-9H,10-11H2,1H3/i11D2. The number of pyridine rings is 1. The number of nitrogens with zero attached hydrogens (tertiary/aromatic N) is 4. The Bertz CT molecular complexity index is 1400. The molecular weight excluding hydrogens is 454 g/mol. The normalized spacial score (nSPS) is 16.0. The highest BCUT2D eigenvalue weighted by Gasteiger charge is 2.30. The molecule has 4 aromatic rings. The molecule has 30 heavy (non-hydrogen) atoms. The van der Waals surface area contributed by atoms with E-state index in [1.807, 2.05) is 6.07 Å². The molecule has 150 valence electrons. The van der Waals surface area contributed by atoms with Crippen LogP contribution in [0.3, 0.4) is 0 Å². The van der Waals surface area contributed by atoms with Crippen molar-refractivity contribution in [3.63, 3.8) is 0 Å². The van der Waals surface area contributed by atoms with Crippen molar-refractivity contribution in [2.24, 2.45) is 7.05 Å². The third-order valence-electron chi connectivity index (χ3n) is 5.00. The number of hydrogen-bond donors (Lipinski definition) is 0. The molecule has 3 heterocycles. The van der Waals surface area contributed by atoms with E-state index in [1.165, 1.54) is 24.4 Å². The van der Waals surface area contributed by atoms with Gasteiger partial charge in [-0.05, 0) is 51.3 Å². The van der Waals surface area contributed by atoms with E-state index < -0.39 is 36.1 Å². The van der Waals surface area contributed by atoms with Crippen molar-refractivity contribution >= 4 is 32.7 Å². The van der Waals surface area contributed by atoms with Gasteiger partial charge in [-0.25, -0.2) is 8.78 Å². The largest absolute Gasteiger partial charge is 0.328 e. The van der Waals surface area contributed by atoms with E-state index in [0.29, 0.717) is 21.1 Å². The molecule has 5 rings (SSSR count). The fourth-order valence-electron chi connectivity index (χ4n) is 3.61. The third kappa shape index (κ3) is 3.08. The van der Waals surface area contributed by atoms with E-state index >= 15 is 8.78 Å². The summed E-state index contributed by atoms with van der Waals surface area (Å²) in [5.41, 5.74) is 1.23. The minimum absolute atomic E-state index is 0.0602. The Labute approximate surface area is 181 Å². The zero-order chi connectivity index (χ0) is 22.8. The summed E-state index contributed by atoms with van der Waals surface area (Å²) in [5, 5.41) is 5.06. The Morgan fingerprint density at radius 1 is 1.20 bits per heavy atom. The third-order valence-corrected chi connectivity index (χ3v) is 5.44. The van der Waals surface area contributed by atoms with Crippen molar-refractivity contribution in [1.82, 2.24) is 19.7 Å². The molecule has 1 amide bonds. The average molecular weight is 471 g/mol. The van der Waals surface area contributed by atoms with Crippen LogP contribution in [0.4, 0.5) is 8.78 Å². The van der Waals surface area contributed by atoms with Gasteiger partial charge in [0.25, 0.3) is 5.91 Å². The second-order valence-electron chi connectivity index (χ2n) is 7.01. The maximum Gasteiger partial charge on any atom is 0.256 e. The van der Waals surface area contributed by atoms with E-state index in [2.05, 4.69) is 26.0 Å². The molecule has 0 bridgehead atoms. The highest BCUT2D eigenvalue weighted by molar-refractivity contribution is 9.10. The van der Waals surface area contributed by atoms with Crippen molar-refractivity contribution in [3.8, 4) is 11.1 Å². The van der Waals surface area contributed by atoms with Gasteiger partial charge >= 0.3 is 0 Å². The van der Waals surface area contributed by atoms with Crippen LogP contribution in [-0.4, -0.2) is 25.6 Å². The van der Waals surface area contributed by atoms with Crippen LogP contribution in [0, 0.1) is 11.6 Å². The van der Waals surface area contributed by atoms with Gasteiger partial charge in [0.1, 0.15) is 11.6 Å². The molecule has 0 fully saturated rings. The van der Waals surface area contributed by atoms with Gasteiger partial charge in [0, 0.05) is 34.9 Å². The Kier molecular flexibility index (Phi) is 3.87. The molecule has 0 saturated carbocycles. The van der Waals surface area contributed by atoms with Crippen LogP contribution >= 0.6 is 15.9 Å². The van der Waals surface area contributed by atoms with Gasteiger partial charge in [-0.1, -0.05) is 12.1 Å². The van der Waals surface area contributed by atoms with Crippen LogP contribution in [0.2, 0.25) is 0 Å². The summed E-state index contributed by atoms with van der Waals surface area (Å²) >= 11 is 3.21. The van der Waals surface area contributed by atoms with Gasteiger partial charge in [0.05, 0.1) is 32.6 Å². The summed E-state index contributed by atoms with van der Waals surface area (Å²) in [5.74, 6) is -2.41. The predicted molar refractivity (Wildman–Crippen MR) is 112 cm³/mol. The van der Waals surface area contributed by atoms with Crippen molar-refractivity contribution in [2.45, 2.75) is 13.0 Å². The number of halogens is 3. The van der Waals surface area contributed by atoms with Gasteiger partial charge < -0.3 is 4.90 Å². The van der Waals surface area contributed by atoms with Gasteiger partial charge in [-0.2, -0.15) is 5.10 Å². The van der Waals surface area contributed by atoms with Crippen LogP contribution in [-0.2, 0) is 20.1 Å². The van der Waals surface area contributed by atoms with E-state index in [1.54, 1.807) is 30.1 Å². The first-order valence-electron chi connectivity index (χ1n) is 10.1. The first-order valence-corrected chi connectivity index (χ1v) is 9.85. The van der Waals surface area contributed by atoms with Crippen molar-refractivity contribution in [2.75, 3.05) is 0 Å². The minimum Gasteiger partial charge on any atom is -0.328 e. The van der Waals surface area contributed by atoms with E-state index in [4.69, 9.17) is 2.74 Å². The molecular formula is C22H15BrF2N4O. The van der Waals surface area contributed by atoms with Gasteiger partial charge in [-0.15, -0.1) is 0 Å². The van der Waals surface area contributed by atoms with Crippen LogP contribution < -0.4 is 0 Å². The Balaban J connectivity index is 1.54. The topological polar surface area (TPSA) is 51.0 Å². The lowest BCUT2D eigenvalue weighted by molar-refractivity contribution is 0.0763. The molecule has 0 N–H and O–H groups in total. The van der Waals surface area contributed by atoms with Gasteiger partial charge in [0.2, 0.25) is 0 Å². The fourth-order valence-corrected chi connectivity index (χ4v) is 3.94. The fraction of sp³-hybridized carbons (Fsp3) is 0.136. The summed E-state index contributed by atoms with van der Waals surface area (Å²) < 4.78 is 49.0. The van der Waals surface area contributed by atoms with E-state index in [-0.39, 0.29) is 11.3 Å². The van der Waals surface area contributed by atoms with Gasteiger partial charge in [0.15, 0.2) is 0 Å². The summed E-state index contributed by atoms with van der Waals surface area (Å²) in [6, 6.07) is 9.16. The van der Waals surface area contributed by atoms with Crippen molar-refractivity contribution in [3.05, 3.63) is 81.7 Å². The molecule has 5 nitrogen and oxygen atoms in total. The molecule has 0 atom stereocenters. The molecule has 0 aliphatic carbocycles. The molecule has 8 heteroatoms. The first kappa shape index (κ1) is 16.6. The quantitative estimate of drug-likeness (QED) is 0.430. The smallest absolute Gasteiger partial charge is 0.256 e. The molecule has 2 aromatic carbocycles. The van der Waals surface area contributed by atoms with Crippen LogP contribution in [0.15, 0.2) is 53.3 Å². The number of amides is 1. The number of aromatic nitrogens is 3. The maximum absolute atomic E-state index is 15.1. The maximum atomic E-state index is 15.1. The predicted octanol–water partition coefficient (Wildman–Crippen LogP) is 4.83. The second-order valence-corrected chi connectivity index (χ2v) is 7.93. The first-order chi connectivity index (χ1) is 15.2. The lowest BCUT2D eigenvalue weighted by atomic mass is 9.99. The number of aryl methyl sites for hydroxylation is 1. The summed E-state index contributed by atoms with van der Waals surface area (Å²) in [6.07, 6.45) is 3.15. The monoisotopic (exact) mass is 470 g/mol. The molecule has 0 radical (unpaired) electrons. The molecule has 1 aliphatic heterocycles. The number of carbonyl (C=O) groups is 1. The van der Waals surface area contributed by atoms with Crippen LogP contribution in [0.5, 0.6) is 0 Å². The molecule has 0 saturated heterocycles. The number of benzene rings is 2. The second kappa shape index (κ2) is 6.98. The lowest BCUT2D eigenvalue weighted by Crippen LogP contribution is -2.24. The molecule has 0 unspecified atom stereocenters. The SMILES string of the molecule is [2H]C1([2H])c2ncc(Br)cc2C(=O)N1Cc1c(F)cc(-c2cccc3nn(C)cc23)cc1F. The Morgan fingerprint density at radius 3 is 2.73 bits per heavy atom. The lowest BCUT2D eigenvalue weighted by Gasteiger charge is -2.17. The minimum atomic E-state index is -2.30. The number of fused-ring (bicyclic) bond motifs is 2. The Hall–Kier alpha value is -3.13. The molecule has 0 spiro atoms. The van der Waals surface area contributed by atoms with Crippen molar-refractivity contribution in [1.29, 1.82) is 0 Å². The highest BCUT2D eigenvalue weighted by atomic mass is 79.9. The van der Waals surface area contributed by atoms with Crippen LogP contribution in [0.25, 0.3) is 22.0 Å². The van der Waals surface area contributed by atoms with Crippen molar-refractivity contribution < 1.29 is 16.3 Å². The van der Waals surface area contributed by atoms with Gasteiger partial charge in [-0.3, -0.25) is 14.5 Å². The summed E-state index contributed by atoms with van der Waals surface area (Å²) in [4.78, 5) is 17.6. The summed E-state index contributed by atoms with van der Waals surface area (Å²) in [6.45, 7) is -2.87. The van der Waals surface area contributed by atoms with E-state index in [0.717, 1.165) is 10.3 Å². The van der Waals surface area contributed by atoms with E-state index in [9.17, 15) is 4.79 Å². The Morgan fingerprint density at radius 2 is 1.97 bits per heavy atom. The summed E-state index contributed by atoms with van der Waals surface area (Å²) in [7, 11) is 1.76. The number of carbonyl (C=O) groups excluding carboxylic acids is 1. The zero-order valence-corrected chi connectivity index (χ0v) is 17.2. The average Bonchev–Trinajstić information content (AvgIpc) is 3.19. The number of rotatable bonds is 3. The number of hydrogen-bond acceptors (Lipinski definition) is 3. The molecule has 1 aliphatic rings. The van der Waals surface area contributed by atoms with Crippen LogP contribution in [0.1, 0.15) is 24.4 Å². The zero-order valence-electron chi connectivity index (χ0n) is 17.7. The molecule has 2 aromatic heterocycles.